The predicted octanol–water partition coefficient (Wildman–Crippen LogP) is 6.48. The van der Waals surface area contributed by atoms with Crippen LogP contribution in [0, 0.1) is 20.8 Å². The molecule has 0 bridgehead atoms. The highest BCUT2D eigenvalue weighted by atomic mass is 32.2. The molecule has 0 heterocycles. The molecule has 4 aromatic carbocycles. The molecule has 0 saturated heterocycles. The highest BCUT2D eigenvalue weighted by molar-refractivity contribution is 7.93. The van der Waals surface area contributed by atoms with Crippen LogP contribution in [0.5, 0.6) is 0 Å². The summed E-state index contributed by atoms with van der Waals surface area (Å²) in [6.45, 7) is 5.26. The zero-order valence-electron chi connectivity index (χ0n) is 22.6. The van der Waals surface area contributed by atoms with E-state index in [9.17, 15) is 34.8 Å². The van der Waals surface area contributed by atoms with E-state index >= 15 is 0 Å². The lowest BCUT2D eigenvalue weighted by molar-refractivity contribution is -0.137. The summed E-state index contributed by atoms with van der Waals surface area (Å²) < 4.78 is 95.4. The van der Waals surface area contributed by atoms with E-state index < -0.39 is 37.7 Å². The number of rotatable bonds is 8. The summed E-state index contributed by atoms with van der Waals surface area (Å²) in [7, 11) is -8.27. The fourth-order valence-corrected chi connectivity index (χ4v) is 6.43. The van der Waals surface area contributed by atoms with Crippen molar-refractivity contribution in [3.05, 3.63) is 113 Å². The lowest BCUT2D eigenvalue weighted by Gasteiger charge is -2.15. The molecule has 0 spiro atoms. The van der Waals surface area contributed by atoms with Crippen LogP contribution in [0.3, 0.4) is 0 Å². The summed E-state index contributed by atoms with van der Waals surface area (Å²) in [4.78, 5) is 12.6. The van der Waals surface area contributed by atoms with Crippen LogP contribution in [0.15, 0.2) is 94.7 Å². The maximum absolute atomic E-state index is 13.2. The van der Waals surface area contributed by atoms with E-state index in [0.717, 1.165) is 23.3 Å². The molecule has 4 aromatic rings. The van der Waals surface area contributed by atoms with E-state index in [4.69, 9.17) is 0 Å². The van der Waals surface area contributed by atoms with E-state index in [1.54, 1.807) is 26.0 Å². The van der Waals surface area contributed by atoms with E-state index in [1.807, 2.05) is 13.0 Å². The third-order valence-electron chi connectivity index (χ3n) is 6.45. The number of hydrogen-bond donors (Lipinski definition) is 3. The minimum atomic E-state index is -4.64. The van der Waals surface area contributed by atoms with Crippen LogP contribution in [0.4, 0.5) is 30.2 Å². The zero-order chi connectivity index (χ0) is 30.9. The van der Waals surface area contributed by atoms with Crippen molar-refractivity contribution in [3.63, 3.8) is 0 Å². The monoisotopic (exact) mass is 617 g/mol. The van der Waals surface area contributed by atoms with Gasteiger partial charge in [-0.15, -0.1) is 0 Å². The summed E-state index contributed by atoms with van der Waals surface area (Å²) in [5.41, 5.74) is 1.50. The van der Waals surface area contributed by atoms with E-state index in [1.165, 1.54) is 48.5 Å². The molecule has 0 atom stereocenters. The number of hydrogen-bond acceptors (Lipinski definition) is 5. The van der Waals surface area contributed by atoms with Gasteiger partial charge in [0, 0.05) is 16.9 Å². The minimum absolute atomic E-state index is 0.0462. The van der Waals surface area contributed by atoms with Crippen molar-refractivity contribution in [2.24, 2.45) is 0 Å². The van der Waals surface area contributed by atoms with Crippen LogP contribution in [-0.2, 0) is 26.2 Å². The summed E-state index contributed by atoms with van der Waals surface area (Å²) in [5.74, 6) is -0.643. The molecule has 8 nitrogen and oxygen atoms in total. The number of alkyl halides is 3. The largest absolute Gasteiger partial charge is 0.416 e. The Morgan fingerprint density at radius 1 is 0.690 bits per heavy atom. The Morgan fingerprint density at radius 3 is 2.02 bits per heavy atom. The number of aryl methyl sites for hydroxylation is 2. The zero-order valence-corrected chi connectivity index (χ0v) is 24.2. The number of carbonyl (C=O) groups is 1. The number of benzene rings is 4. The molecular formula is C29H26F3N3O5S2. The molecule has 0 aliphatic rings. The summed E-state index contributed by atoms with van der Waals surface area (Å²) in [6, 6.07) is 18.2. The van der Waals surface area contributed by atoms with Gasteiger partial charge in [0.25, 0.3) is 26.0 Å². The van der Waals surface area contributed by atoms with Crippen molar-refractivity contribution in [1.29, 1.82) is 0 Å². The predicted molar refractivity (Wildman–Crippen MR) is 155 cm³/mol. The first-order valence-corrected chi connectivity index (χ1v) is 15.3. The van der Waals surface area contributed by atoms with Crippen molar-refractivity contribution < 1.29 is 34.8 Å². The average molecular weight is 618 g/mol. The Bertz CT molecular complexity index is 1870. The van der Waals surface area contributed by atoms with Crippen LogP contribution in [-0.4, -0.2) is 22.7 Å². The van der Waals surface area contributed by atoms with Gasteiger partial charge in [-0.05, 0) is 98.1 Å². The first-order valence-electron chi connectivity index (χ1n) is 12.4. The first kappa shape index (κ1) is 30.6. The Kier molecular flexibility index (Phi) is 8.37. The van der Waals surface area contributed by atoms with Gasteiger partial charge in [-0.1, -0.05) is 24.3 Å². The van der Waals surface area contributed by atoms with Crippen molar-refractivity contribution in [3.8, 4) is 0 Å². The third-order valence-corrected chi connectivity index (χ3v) is 9.36. The highest BCUT2D eigenvalue weighted by Gasteiger charge is 2.31. The quantitative estimate of drug-likeness (QED) is 0.209. The molecule has 42 heavy (non-hydrogen) atoms. The SMILES string of the molecule is Cc1ccc(C(=O)Nc2ccc(S(=O)(=O)Nc3cccc(C(F)(F)F)c3)cc2)cc1S(=O)(=O)Nc1cccc(C)c1C. The van der Waals surface area contributed by atoms with Crippen LogP contribution >= 0.6 is 0 Å². The Hall–Kier alpha value is -4.36. The van der Waals surface area contributed by atoms with Gasteiger partial charge in [-0.3, -0.25) is 14.2 Å². The molecule has 0 unspecified atom stereocenters. The van der Waals surface area contributed by atoms with E-state index in [0.29, 0.717) is 17.3 Å². The Balaban J connectivity index is 1.50. The van der Waals surface area contributed by atoms with Gasteiger partial charge in [0.1, 0.15) is 0 Å². The van der Waals surface area contributed by atoms with Crippen LogP contribution < -0.4 is 14.8 Å². The average Bonchev–Trinajstić information content (AvgIpc) is 2.91. The van der Waals surface area contributed by atoms with Crippen molar-refractivity contribution in [2.75, 3.05) is 14.8 Å². The van der Waals surface area contributed by atoms with Gasteiger partial charge in [0.15, 0.2) is 0 Å². The molecule has 1 amide bonds. The lowest BCUT2D eigenvalue weighted by atomic mass is 10.1. The molecule has 0 saturated carbocycles. The first-order chi connectivity index (χ1) is 19.6. The van der Waals surface area contributed by atoms with Gasteiger partial charge in [-0.25, -0.2) is 16.8 Å². The molecular weight excluding hydrogens is 591 g/mol. The van der Waals surface area contributed by atoms with Crippen LogP contribution in [0.25, 0.3) is 0 Å². The number of nitrogens with one attached hydrogen (secondary N) is 3. The molecule has 0 aliphatic heterocycles. The molecule has 0 radical (unpaired) electrons. The van der Waals surface area contributed by atoms with Crippen molar-refractivity contribution in [1.82, 2.24) is 0 Å². The maximum Gasteiger partial charge on any atom is 0.416 e. The molecule has 220 valence electrons. The molecule has 0 aliphatic carbocycles. The fraction of sp³-hybridized carbons (Fsp3) is 0.138. The summed E-state index contributed by atoms with van der Waals surface area (Å²) in [5, 5.41) is 2.58. The summed E-state index contributed by atoms with van der Waals surface area (Å²) in [6.07, 6.45) is -4.64. The van der Waals surface area contributed by atoms with Crippen LogP contribution in [0.2, 0.25) is 0 Å². The number of carbonyl (C=O) groups excluding carboxylic acids is 1. The molecule has 4 rings (SSSR count). The van der Waals surface area contributed by atoms with Gasteiger partial charge in [0.2, 0.25) is 0 Å². The fourth-order valence-electron chi connectivity index (χ4n) is 3.99. The maximum atomic E-state index is 13.2. The lowest BCUT2D eigenvalue weighted by Crippen LogP contribution is -2.18. The summed E-state index contributed by atoms with van der Waals surface area (Å²) >= 11 is 0. The topological polar surface area (TPSA) is 121 Å². The smallest absolute Gasteiger partial charge is 0.322 e. The molecule has 3 N–H and O–H groups in total. The second-order valence-corrected chi connectivity index (χ2v) is 12.8. The van der Waals surface area contributed by atoms with Gasteiger partial charge in [-0.2, -0.15) is 13.2 Å². The van der Waals surface area contributed by atoms with Crippen LogP contribution in [0.1, 0.15) is 32.6 Å². The number of sulfonamides is 2. The van der Waals surface area contributed by atoms with Gasteiger partial charge >= 0.3 is 6.18 Å². The third kappa shape index (κ3) is 6.92. The Morgan fingerprint density at radius 2 is 1.36 bits per heavy atom. The van der Waals surface area contributed by atoms with Gasteiger partial charge in [0.05, 0.1) is 21.0 Å². The van der Waals surface area contributed by atoms with Gasteiger partial charge < -0.3 is 5.32 Å². The normalized spacial score (nSPS) is 12.0. The molecule has 13 heteroatoms. The second-order valence-electron chi connectivity index (χ2n) is 9.50. The van der Waals surface area contributed by atoms with Crippen molar-refractivity contribution in [2.45, 2.75) is 36.7 Å². The van der Waals surface area contributed by atoms with E-state index in [-0.39, 0.29) is 26.7 Å². The number of halogens is 3. The Labute approximate surface area is 241 Å². The highest BCUT2D eigenvalue weighted by Crippen LogP contribution is 2.31. The molecule has 0 fully saturated rings. The number of amides is 1. The standard InChI is InChI=1S/C29H26F3N3O5S2/c1-18-6-4-9-26(20(18)3)35-42(39,40)27-16-21(11-10-19(27)2)28(36)33-23-12-14-25(15-13-23)41(37,38)34-24-8-5-7-22(17-24)29(30,31)32/h4-17,34-35H,1-3H3,(H,33,36). The number of anilines is 3. The molecule has 0 aromatic heterocycles. The minimum Gasteiger partial charge on any atom is -0.322 e. The second kappa shape index (κ2) is 11.5. The van der Waals surface area contributed by atoms with Crippen molar-refractivity contribution >= 4 is 43.0 Å². The van der Waals surface area contributed by atoms with E-state index in [2.05, 4.69) is 14.8 Å².